The van der Waals surface area contributed by atoms with E-state index in [1.807, 2.05) is 6.07 Å². The van der Waals surface area contributed by atoms with Crippen LogP contribution >= 0.6 is 0 Å². The number of esters is 1. The van der Waals surface area contributed by atoms with Gasteiger partial charge in [-0.1, -0.05) is 43.0 Å². The van der Waals surface area contributed by atoms with E-state index in [2.05, 4.69) is 6.58 Å². The van der Waals surface area contributed by atoms with Gasteiger partial charge in [0.1, 0.15) is 6.61 Å². The highest BCUT2D eigenvalue weighted by Crippen LogP contribution is 2.39. The highest BCUT2D eigenvalue weighted by molar-refractivity contribution is 6.06. The summed E-state index contributed by atoms with van der Waals surface area (Å²) in [5.74, 6) is -0.731. The molecule has 0 radical (unpaired) electrons. The molecule has 18 heavy (non-hydrogen) atoms. The third-order valence-electron chi connectivity index (χ3n) is 2.84. The second kappa shape index (κ2) is 4.74. The standard InChI is InChI=1S/C14H14O4/c1-3-9-17-13(16)14(2)12(18-14)11(15)10-7-5-4-6-8-10/h3-8,12H,1,9H2,2H3/t12-,14-/m1/s1. The van der Waals surface area contributed by atoms with E-state index in [1.165, 1.54) is 6.08 Å². The lowest BCUT2D eigenvalue weighted by Gasteiger charge is -2.05. The fraction of sp³-hybridized carbons (Fsp3) is 0.286. The number of rotatable bonds is 5. The van der Waals surface area contributed by atoms with E-state index in [4.69, 9.17) is 9.47 Å². The molecule has 1 saturated heterocycles. The van der Waals surface area contributed by atoms with Crippen molar-refractivity contribution in [2.75, 3.05) is 6.61 Å². The Hall–Kier alpha value is -1.94. The van der Waals surface area contributed by atoms with Crippen LogP contribution in [0.1, 0.15) is 17.3 Å². The Morgan fingerprint density at radius 3 is 2.72 bits per heavy atom. The van der Waals surface area contributed by atoms with Crippen molar-refractivity contribution in [3.05, 3.63) is 48.6 Å². The molecule has 2 rings (SSSR count). The van der Waals surface area contributed by atoms with Crippen LogP contribution in [0.3, 0.4) is 0 Å². The molecule has 0 aromatic heterocycles. The molecular weight excluding hydrogens is 232 g/mol. The molecule has 1 aromatic rings. The van der Waals surface area contributed by atoms with Gasteiger partial charge in [-0.25, -0.2) is 4.79 Å². The van der Waals surface area contributed by atoms with Gasteiger partial charge in [0.15, 0.2) is 17.5 Å². The third-order valence-corrected chi connectivity index (χ3v) is 2.84. The van der Waals surface area contributed by atoms with E-state index in [-0.39, 0.29) is 12.4 Å². The summed E-state index contributed by atoms with van der Waals surface area (Å²) in [6.07, 6.45) is 0.717. The number of ether oxygens (including phenoxy) is 2. The Kier molecular flexibility index (Phi) is 3.30. The Morgan fingerprint density at radius 1 is 1.44 bits per heavy atom. The maximum Gasteiger partial charge on any atom is 0.341 e. The van der Waals surface area contributed by atoms with E-state index >= 15 is 0 Å². The van der Waals surface area contributed by atoms with Crippen LogP contribution < -0.4 is 0 Å². The minimum atomic E-state index is -1.16. The van der Waals surface area contributed by atoms with Gasteiger partial charge in [0.05, 0.1) is 0 Å². The monoisotopic (exact) mass is 246 g/mol. The highest BCUT2D eigenvalue weighted by atomic mass is 16.7. The first-order valence-electron chi connectivity index (χ1n) is 5.65. The molecule has 1 aromatic carbocycles. The molecule has 0 spiro atoms. The van der Waals surface area contributed by atoms with E-state index in [0.29, 0.717) is 5.56 Å². The first-order chi connectivity index (χ1) is 8.59. The summed E-state index contributed by atoms with van der Waals surface area (Å²) < 4.78 is 10.1. The molecule has 1 aliphatic rings. The molecule has 1 fully saturated rings. The average molecular weight is 246 g/mol. The molecule has 1 heterocycles. The minimum absolute atomic E-state index is 0.115. The zero-order valence-electron chi connectivity index (χ0n) is 10.1. The maximum atomic E-state index is 12.0. The largest absolute Gasteiger partial charge is 0.459 e. The topological polar surface area (TPSA) is 55.9 Å². The van der Waals surface area contributed by atoms with Gasteiger partial charge >= 0.3 is 5.97 Å². The zero-order chi connectivity index (χ0) is 13.2. The van der Waals surface area contributed by atoms with Gasteiger partial charge in [-0.15, -0.1) is 0 Å². The smallest absolute Gasteiger partial charge is 0.341 e. The second-order valence-electron chi connectivity index (χ2n) is 4.22. The van der Waals surface area contributed by atoms with Gasteiger partial charge < -0.3 is 9.47 Å². The normalized spacial score (nSPS) is 25.3. The number of carbonyl (C=O) groups is 2. The summed E-state index contributed by atoms with van der Waals surface area (Å²) in [7, 11) is 0. The first kappa shape index (κ1) is 12.5. The summed E-state index contributed by atoms with van der Waals surface area (Å²) in [6, 6.07) is 8.74. The van der Waals surface area contributed by atoms with E-state index in [0.717, 1.165) is 0 Å². The van der Waals surface area contributed by atoms with Crippen molar-refractivity contribution in [3.8, 4) is 0 Å². The van der Waals surface area contributed by atoms with Crippen molar-refractivity contribution >= 4 is 11.8 Å². The van der Waals surface area contributed by atoms with Crippen molar-refractivity contribution < 1.29 is 19.1 Å². The SMILES string of the molecule is C=CCOC(=O)[C@]1(C)O[C@@H]1C(=O)c1ccccc1. The number of benzene rings is 1. The number of hydrogen-bond acceptors (Lipinski definition) is 4. The van der Waals surface area contributed by atoms with Gasteiger partial charge in [-0.3, -0.25) is 4.79 Å². The van der Waals surface area contributed by atoms with Crippen molar-refractivity contribution in [3.63, 3.8) is 0 Å². The predicted octanol–water partition coefficient (Wildman–Crippen LogP) is 1.76. The third kappa shape index (κ3) is 2.19. The maximum absolute atomic E-state index is 12.0. The van der Waals surface area contributed by atoms with Gasteiger partial charge in [-0.05, 0) is 6.92 Å². The summed E-state index contributed by atoms with van der Waals surface area (Å²) in [5.41, 5.74) is -0.626. The van der Waals surface area contributed by atoms with Crippen LogP contribution in [0.2, 0.25) is 0 Å². The Bertz CT molecular complexity index is 480. The Morgan fingerprint density at radius 2 is 2.11 bits per heavy atom. The van der Waals surface area contributed by atoms with E-state index < -0.39 is 17.7 Å². The summed E-state index contributed by atoms with van der Waals surface area (Å²) in [5, 5.41) is 0. The molecule has 4 nitrogen and oxygen atoms in total. The zero-order valence-corrected chi connectivity index (χ0v) is 10.1. The predicted molar refractivity (Wildman–Crippen MR) is 65.2 cm³/mol. The van der Waals surface area contributed by atoms with Crippen LogP contribution in [0.5, 0.6) is 0 Å². The minimum Gasteiger partial charge on any atom is -0.459 e. The molecule has 0 N–H and O–H groups in total. The summed E-state index contributed by atoms with van der Waals surface area (Å²) in [4.78, 5) is 23.7. The molecule has 1 aliphatic heterocycles. The molecule has 0 saturated carbocycles. The van der Waals surface area contributed by atoms with Crippen molar-refractivity contribution in [2.24, 2.45) is 0 Å². The van der Waals surface area contributed by atoms with Crippen LogP contribution in [0, 0.1) is 0 Å². The first-order valence-corrected chi connectivity index (χ1v) is 5.65. The Balaban J connectivity index is 2.04. The quantitative estimate of drug-likeness (QED) is 0.344. The molecular formula is C14H14O4. The van der Waals surface area contributed by atoms with Crippen LogP contribution in [0.4, 0.5) is 0 Å². The number of Topliss-reactive ketones (excluding diaryl/α,β-unsaturated/α-hetero) is 1. The lowest BCUT2D eigenvalue weighted by atomic mass is 10.00. The highest BCUT2D eigenvalue weighted by Gasteiger charge is 2.63. The lowest BCUT2D eigenvalue weighted by Crippen LogP contribution is -2.29. The molecule has 0 unspecified atom stereocenters. The van der Waals surface area contributed by atoms with Crippen LogP contribution in [0.25, 0.3) is 0 Å². The van der Waals surface area contributed by atoms with E-state index in [1.54, 1.807) is 31.2 Å². The average Bonchev–Trinajstić information content (AvgIpc) is 3.10. The number of hydrogen-bond donors (Lipinski definition) is 0. The fourth-order valence-corrected chi connectivity index (χ4v) is 1.70. The fourth-order valence-electron chi connectivity index (χ4n) is 1.70. The summed E-state index contributed by atoms with van der Waals surface area (Å²) in [6.45, 7) is 5.13. The van der Waals surface area contributed by atoms with Gasteiger partial charge in [-0.2, -0.15) is 0 Å². The molecule has 0 amide bonds. The van der Waals surface area contributed by atoms with Gasteiger partial charge in [0.25, 0.3) is 0 Å². The Labute approximate surface area is 105 Å². The van der Waals surface area contributed by atoms with Crippen molar-refractivity contribution in [2.45, 2.75) is 18.6 Å². The second-order valence-corrected chi connectivity index (χ2v) is 4.22. The van der Waals surface area contributed by atoms with Gasteiger partial charge in [0, 0.05) is 5.56 Å². The molecule has 94 valence electrons. The van der Waals surface area contributed by atoms with Crippen molar-refractivity contribution in [1.29, 1.82) is 0 Å². The van der Waals surface area contributed by atoms with Crippen LogP contribution in [0.15, 0.2) is 43.0 Å². The molecule has 4 heteroatoms. The van der Waals surface area contributed by atoms with Crippen LogP contribution in [-0.2, 0) is 14.3 Å². The lowest BCUT2D eigenvalue weighted by molar-refractivity contribution is -0.148. The molecule has 2 atom stereocenters. The summed E-state index contributed by atoms with van der Waals surface area (Å²) >= 11 is 0. The van der Waals surface area contributed by atoms with Crippen molar-refractivity contribution in [1.82, 2.24) is 0 Å². The van der Waals surface area contributed by atoms with Gasteiger partial charge in [0.2, 0.25) is 0 Å². The van der Waals surface area contributed by atoms with E-state index in [9.17, 15) is 9.59 Å². The number of ketones is 1. The molecule has 0 aliphatic carbocycles. The number of epoxide rings is 1. The van der Waals surface area contributed by atoms with Crippen LogP contribution in [-0.4, -0.2) is 30.1 Å². The number of carbonyl (C=O) groups excluding carboxylic acids is 2. The molecule has 0 bridgehead atoms.